The molecule has 1 aromatic carbocycles. The molecule has 0 aliphatic rings. The van der Waals surface area contributed by atoms with Crippen molar-refractivity contribution >= 4 is 11.0 Å². The Morgan fingerprint density at radius 3 is 2.85 bits per heavy atom. The second kappa shape index (κ2) is 5.40. The fraction of sp³-hybridized carbons (Fsp3) is 0.200. The minimum absolute atomic E-state index is 0.0716. The molecule has 0 aliphatic heterocycles. The Morgan fingerprint density at radius 2 is 2.05 bits per heavy atom. The number of para-hydroxylation sites is 2. The lowest BCUT2D eigenvalue weighted by Crippen LogP contribution is -2.05. The van der Waals surface area contributed by atoms with E-state index in [0.29, 0.717) is 13.1 Å². The molecule has 3 aromatic rings. The molecule has 5 nitrogen and oxygen atoms in total. The molecule has 20 heavy (non-hydrogen) atoms. The van der Waals surface area contributed by atoms with Crippen LogP contribution in [0, 0.1) is 0 Å². The molecule has 0 unspecified atom stereocenters. The van der Waals surface area contributed by atoms with Crippen molar-refractivity contribution in [2.24, 2.45) is 5.73 Å². The molecule has 3 N–H and O–H groups in total. The Labute approximate surface area is 116 Å². The van der Waals surface area contributed by atoms with E-state index in [-0.39, 0.29) is 6.61 Å². The van der Waals surface area contributed by atoms with Gasteiger partial charge in [-0.3, -0.25) is 4.98 Å². The number of rotatable bonds is 4. The van der Waals surface area contributed by atoms with Crippen LogP contribution in [0.15, 0.2) is 42.6 Å². The number of aliphatic hydroxyl groups is 1. The van der Waals surface area contributed by atoms with Crippen molar-refractivity contribution in [3.8, 4) is 11.4 Å². The fourth-order valence-electron chi connectivity index (χ4n) is 2.35. The summed E-state index contributed by atoms with van der Waals surface area (Å²) < 4.78 is 2.02. The van der Waals surface area contributed by atoms with Gasteiger partial charge in [0.25, 0.3) is 0 Å². The summed E-state index contributed by atoms with van der Waals surface area (Å²) in [4.78, 5) is 8.86. The summed E-state index contributed by atoms with van der Waals surface area (Å²) >= 11 is 0. The first-order valence-corrected chi connectivity index (χ1v) is 6.55. The van der Waals surface area contributed by atoms with Crippen LogP contribution < -0.4 is 5.73 Å². The molecule has 2 aromatic heterocycles. The molecule has 2 heterocycles. The SMILES string of the molecule is NCc1cc(-c2nc3ccccc3n2CCO)ccn1. The van der Waals surface area contributed by atoms with E-state index in [1.54, 1.807) is 6.20 Å². The molecule has 0 saturated heterocycles. The number of nitrogens with zero attached hydrogens (tertiary/aromatic N) is 3. The zero-order chi connectivity index (χ0) is 13.9. The van der Waals surface area contributed by atoms with Gasteiger partial charge in [0.1, 0.15) is 5.82 Å². The largest absolute Gasteiger partial charge is 0.395 e. The van der Waals surface area contributed by atoms with Gasteiger partial charge in [0, 0.05) is 24.8 Å². The molecule has 0 amide bonds. The molecular weight excluding hydrogens is 252 g/mol. The van der Waals surface area contributed by atoms with Crippen LogP contribution in [0.5, 0.6) is 0 Å². The predicted octanol–water partition coefficient (Wildman–Crippen LogP) is 1.55. The fourth-order valence-corrected chi connectivity index (χ4v) is 2.35. The molecular formula is C15H16N4O. The highest BCUT2D eigenvalue weighted by atomic mass is 16.3. The molecule has 0 spiro atoms. The van der Waals surface area contributed by atoms with Crippen LogP contribution in [0.25, 0.3) is 22.4 Å². The van der Waals surface area contributed by atoms with Gasteiger partial charge in [-0.25, -0.2) is 4.98 Å². The van der Waals surface area contributed by atoms with Crippen LogP contribution in [0.2, 0.25) is 0 Å². The van der Waals surface area contributed by atoms with Gasteiger partial charge >= 0.3 is 0 Å². The molecule has 102 valence electrons. The summed E-state index contributed by atoms with van der Waals surface area (Å²) in [7, 11) is 0. The van der Waals surface area contributed by atoms with E-state index >= 15 is 0 Å². The van der Waals surface area contributed by atoms with Gasteiger partial charge in [-0.1, -0.05) is 12.1 Å². The van der Waals surface area contributed by atoms with Crippen LogP contribution in [0.4, 0.5) is 0 Å². The third-order valence-corrected chi connectivity index (χ3v) is 3.26. The molecule has 0 radical (unpaired) electrons. The van der Waals surface area contributed by atoms with Gasteiger partial charge in [-0.15, -0.1) is 0 Å². The summed E-state index contributed by atoms with van der Waals surface area (Å²) in [5, 5.41) is 9.29. The van der Waals surface area contributed by atoms with Gasteiger partial charge in [0.05, 0.1) is 23.3 Å². The van der Waals surface area contributed by atoms with Crippen molar-refractivity contribution in [1.82, 2.24) is 14.5 Å². The highest BCUT2D eigenvalue weighted by molar-refractivity contribution is 5.80. The molecule has 0 aliphatic carbocycles. The number of benzene rings is 1. The number of nitrogens with two attached hydrogens (primary N) is 1. The summed E-state index contributed by atoms with van der Waals surface area (Å²) in [6.45, 7) is 0.979. The summed E-state index contributed by atoms with van der Waals surface area (Å²) in [5.74, 6) is 0.831. The number of fused-ring (bicyclic) bond motifs is 1. The highest BCUT2D eigenvalue weighted by Gasteiger charge is 2.12. The molecule has 0 atom stereocenters. The van der Waals surface area contributed by atoms with Gasteiger partial charge < -0.3 is 15.4 Å². The predicted molar refractivity (Wildman–Crippen MR) is 77.9 cm³/mol. The Morgan fingerprint density at radius 1 is 1.20 bits per heavy atom. The van der Waals surface area contributed by atoms with Crippen LogP contribution >= 0.6 is 0 Å². The van der Waals surface area contributed by atoms with E-state index in [1.807, 2.05) is 41.0 Å². The second-order valence-electron chi connectivity index (χ2n) is 4.54. The first kappa shape index (κ1) is 12.8. The van der Waals surface area contributed by atoms with E-state index in [0.717, 1.165) is 28.1 Å². The number of hydrogen-bond acceptors (Lipinski definition) is 4. The number of aliphatic hydroxyl groups excluding tert-OH is 1. The van der Waals surface area contributed by atoms with E-state index in [2.05, 4.69) is 9.97 Å². The van der Waals surface area contributed by atoms with E-state index in [4.69, 9.17) is 5.73 Å². The lowest BCUT2D eigenvalue weighted by atomic mass is 10.2. The number of pyridine rings is 1. The first-order chi connectivity index (χ1) is 9.83. The maximum Gasteiger partial charge on any atom is 0.141 e. The Bertz CT molecular complexity index is 736. The molecule has 0 bridgehead atoms. The second-order valence-corrected chi connectivity index (χ2v) is 4.54. The van der Waals surface area contributed by atoms with Gasteiger partial charge in [0.15, 0.2) is 0 Å². The Kier molecular flexibility index (Phi) is 3.45. The molecule has 0 saturated carbocycles. The van der Waals surface area contributed by atoms with Crippen LogP contribution in [0.1, 0.15) is 5.69 Å². The van der Waals surface area contributed by atoms with Crippen molar-refractivity contribution in [1.29, 1.82) is 0 Å². The van der Waals surface area contributed by atoms with Gasteiger partial charge in [-0.2, -0.15) is 0 Å². The van der Waals surface area contributed by atoms with Crippen molar-refractivity contribution in [3.05, 3.63) is 48.3 Å². The van der Waals surface area contributed by atoms with E-state index in [1.165, 1.54) is 0 Å². The molecule has 0 fully saturated rings. The quantitative estimate of drug-likeness (QED) is 0.752. The number of hydrogen-bond donors (Lipinski definition) is 2. The lowest BCUT2D eigenvalue weighted by molar-refractivity contribution is 0.278. The zero-order valence-electron chi connectivity index (χ0n) is 11.0. The van der Waals surface area contributed by atoms with E-state index in [9.17, 15) is 5.11 Å². The topological polar surface area (TPSA) is 77.0 Å². The lowest BCUT2D eigenvalue weighted by Gasteiger charge is -2.08. The monoisotopic (exact) mass is 268 g/mol. The van der Waals surface area contributed by atoms with Crippen molar-refractivity contribution < 1.29 is 5.11 Å². The van der Waals surface area contributed by atoms with Gasteiger partial charge in [-0.05, 0) is 24.3 Å². The number of aromatic nitrogens is 3. The van der Waals surface area contributed by atoms with Gasteiger partial charge in [0.2, 0.25) is 0 Å². The Balaban J connectivity index is 2.21. The molecule has 3 rings (SSSR count). The van der Waals surface area contributed by atoms with Crippen molar-refractivity contribution in [2.75, 3.05) is 6.61 Å². The zero-order valence-corrected chi connectivity index (χ0v) is 11.0. The summed E-state index contributed by atoms with van der Waals surface area (Å²) in [6.07, 6.45) is 1.74. The third-order valence-electron chi connectivity index (χ3n) is 3.26. The minimum Gasteiger partial charge on any atom is -0.395 e. The first-order valence-electron chi connectivity index (χ1n) is 6.55. The van der Waals surface area contributed by atoms with Crippen LogP contribution in [-0.4, -0.2) is 26.2 Å². The summed E-state index contributed by atoms with van der Waals surface area (Å²) in [5.41, 5.74) is 9.36. The maximum absolute atomic E-state index is 9.29. The van der Waals surface area contributed by atoms with Crippen LogP contribution in [-0.2, 0) is 13.1 Å². The Hall–Kier alpha value is -2.24. The smallest absolute Gasteiger partial charge is 0.141 e. The van der Waals surface area contributed by atoms with Crippen molar-refractivity contribution in [2.45, 2.75) is 13.1 Å². The van der Waals surface area contributed by atoms with E-state index < -0.39 is 0 Å². The summed E-state index contributed by atoms with van der Waals surface area (Å²) in [6, 6.07) is 11.8. The normalized spacial score (nSPS) is 11.1. The standard InChI is InChI=1S/C15H16N4O/c16-10-12-9-11(5-6-17-12)15-18-13-3-1-2-4-14(13)19(15)7-8-20/h1-6,9,20H,7-8,10,16H2. The van der Waals surface area contributed by atoms with Crippen LogP contribution in [0.3, 0.4) is 0 Å². The highest BCUT2D eigenvalue weighted by Crippen LogP contribution is 2.24. The molecule has 5 heteroatoms. The average Bonchev–Trinajstić information content (AvgIpc) is 2.87. The average molecular weight is 268 g/mol. The third kappa shape index (κ3) is 2.17. The minimum atomic E-state index is 0.0716. The van der Waals surface area contributed by atoms with Crippen molar-refractivity contribution in [3.63, 3.8) is 0 Å². The maximum atomic E-state index is 9.29. The number of imidazole rings is 1.